The van der Waals surface area contributed by atoms with Gasteiger partial charge in [0.25, 0.3) is 0 Å². The summed E-state index contributed by atoms with van der Waals surface area (Å²) < 4.78 is 0. The molecule has 0 aliphatic heterocycles. The average Bonchev–Trinajstić information content (AvgIpc) is 0. The third-order valence-electron chi connectivity index (χ3n) is 0. The molecule has 0 saturated carbocycles. The van der Waals surface area contributed by atoms with Gasteiger partial charge in [0.05, 0.1) is 0 Å². The molecule has 0 radical (unpaired) electrons. The topological polar surface area (TPSA) is 0 Å². The number of halogens is 3. The molecule has 0 aromatic rings. The smallest absolute Gasteiger partial charge is 1.00 e. The number of hydrogen-bond acceptors (Lipinski definition) is 0. The van der Waals surface area contributed by atoms with E-state index in [0.717, 1.165) is 0 Å². The summed E-state index contributed by atoms with van der Waals surface area (Å²) in [5.74, 6) is 0. The van der Waals surface area contributed by atoms with Crippen molar-refractivity contribution in [2.45, 2.75) is 0 Å². The third-order valence-corrected chi connectivity index (χ3v) is 0. The summed E-state index contributed by atoms with van der Waals surface area (Å²) in [5, 5.41) is 0. The number of rotatable bonds is 0. The Morgan fingerprint density at radius 3 is 0.600 bits per heavy atom. The van der Waals surface area contributed by atoms with Crippen LogP contribution < -0.4 is 37.2 Å². The van der Waals surface area contributed by atoms with Gasteiger partial charge in [-0.1, -0.05) is 0 Å². The van der Waals surface area contributed by atoms with Crippen LogP contribution >= 0.6 is 0 Å². The average molecular weight is 398 g/mol. The summed E-state index contributed by atoms with van der Waals surface area (Å²) >= 11 is 0. The van der Waals surface area contributed by atoms with E-state index in [1.54, 1.807) is 0 Å². The Kier molecular flexibility index (Phi) is 218. The quantitative estimate of drug-likeness (QED) is 0.356. The molecule has 0 spiro atoms. The predicted octanol–water partition coefficient (Wildman–Crippen LogP) is -9.75. The molecule has 0 rings (SSSR count). The van der Waals surface area contributed by atoms with E-state index >= 15 is 0 Å². The molecule has 0 amide bonds. The summed E-state index contributed by atoms with van der Waals surface area (Å²) in [6.45, 7) is 0. The zero-order chi connectivity index (χ0) is 0. The van der Waals surface area contributed by atoms with E-state index < -0.39 is 0 Å². The van der Waals surface area contributed by atoms with Crippen molar-refractivity contribution in [3.63, 3.8) is 0 Å². The van der Waals surface area contributed by atoms with Gasteiger partial charge in [-0.25, -0.2) is 0 Å². The molecule has 0 unspecified atom stereocenters. The second-order valence-corrected chi connectivity index (χ2v) is 0. The Hall–Kier alpha value is 3.27. The molecule has 0 aromatic heterocycles. The molecule has 0 aliphatic carbocycles. The first-order valence-electron chi connectivity index (χ1n) is 0. The van der Waals surface area contributed by atoms with Gasteiger partial charge in [-0.15, -0.1) is 0 Å². The fourth-order valence-electron chi connectivity index (χ4n) is 0. The van der Waals surface area contributed by atoms with E-state index in [1.165, 1.54) is 0 Å². The standard InChI is InChI=1S/3ClH.Sr.Tl/h3*1H;;/q;;;+2;+1/p-3. The maximum absolute atomic E-state index is 0. The van der Waals surface area contributed by atoms with E-state index in [-0.39, 0.29) is 110 Å². The van der Waals surface area contributed by atoms with Crippen LogP contribution in [-0.4, -0.2) is 72.8 Å². The van der Waals surface area contributed by atoms with Crippen LogP contribution in [0.25, 0.3) is 0 Å². The monoisotopic (exact) mass is 398 g/mol. The largest absolute Gasteiger partial charge is 2.00 e. The van der Waals surface area contributed by atoms with Crippen molar-refractivity contribution in [1.82, 2.24) is 0 Å². The van der Waals surface area contributed by atoms with E-state index in [0.29, 0.717) is 0 Å². The summed E-state index contributed by atoms with van der Waals surface area (Å²) in [6, 6.07) is 0. The molecule has 0 saturated heterocycles. The minimum atomic E-state index is 0. The molecule has 0 N–H and O–H groups in total. The predicted molar refractivity (Wildman–Crippen MR) is 11.5 cm³/mol. The maximum atomic E-state index is 0. The van der Waals surface area contributed by atoms with Crippen LogP contribution in [0.4, 0.5) is 0 Å². The van der Waals surface area contributed by atoms with Gasteiger partial charge in [-0.3, -0.25) is 0 Å². The van der Waals surface area contributed by atoms with E-state index in [2.05, 4.69) is 0 Å². The van der Waals surface area contributed by atoms with Crippen molar-refractivity contribution in [2.24, 2.45) is 0 Å². The van der Waals surface area contributed by atoms with Gasteiger partial charge in [0, 0.05) is 0 Å². The van der Waals surface area contributed by atoms with Crippen LogP contribution in [0.5, 0.6) is 0 Å². The van der Waals surface area contributed by atoms with Crippen molar-refractivity contribution in [3.05, 3.63) is 0 Å². The molecule has 26 valence electrons. The van der Waals surface area contributed by atoms with Gasteiger partial charge >= 0.3 is 72.8 Å². The van der Waals surface area contributed by atoms with E-state index in [4.69, 9.17) is 0 Å². The van der Waals surface area contributed by atoms with E-state index in [9.17, 15) is 0 Å². The zero-order valence-corrected chi connectivity index (χ0v) is 12.7. The van der Waals surface area contributed by atoms with Gasteiger partial charge in [0.2, 0.25) is 0 Å². The van der Waals surface area contributed by atoms with Crippen molar-refractivity contribution in [2.75, 3.05) is 0 Å². The molecule has 0 nitrogen and oxygen atoms in total. The van der Waals surface area contributed by atoms with Gasteiger partial charge in [-0.2, -0.15) is 0 Å². The first-order chi connectivity index (χ1) is 0. The molecule has 0 fully saturated rings. The molecule has 0 bridgehead atoms. The Labute approximate surface area is 107 Å². The molecule has 0 aromatic carbocycles. The second-order valence-electron chi connectivity index (χ2n) is 0. The molecular weight excluding hydrogens is 398 g/mol. The Morgan fingerprint density at radius 2 is 0.600 bits per heavy atom. The van der Waals surface area contributed by atoms with Crippen molar-refractivity contribution < 1.29 is 37.2 Å². The Balaban J connectivity index is 0. The van der Waals surface area contributed by atoms with Crippen molar-refractivity contribution >= 4 is 72.8 Å². The van der Waals surface area contributed by atoms with Gasteiger partial charge < -0.3 is 37.2 Å². The SMILES string of the molecule is [Cl-].[Cl-].[Cl-].[Sr+2].[Tl+]. The van der Waals surface area contributed by atoms with Gasteiger partial charge in [0.1, 0.15) is 0 Å². The van der Waals surface area contributed by atoms with Crippen molar-refractivity contribution in [1.29, 1.82) is 0 Å². The summed E-state index contributed by atoms with van der Waals surface area (Å²) in [4.78, 5) is 0. The first kappa shape index (κ1) is 40.9. The maximum Gasteiger partial charge on any atom is 2.00 e. The second kappa shape index (κ2) is 26.7. The van der Waals surface area contributed by atoms with Crippen LogP contribution in [0, 0.1) is 0 Å². The third kappa shape index (κ3) is 18.9. The molecule has 0 atom stereocenters. The molecule has 5 heavy (non-hydrogen) atoms. The number of hydrogen-bond donors (Lipinski definition) is 0. The normalized spacial score (nSPS) is 0. The fourth-order valence-corrected chi connectivity index (χ4v) is 0. The van der Waals surface area contributed by atoms with Crippen LogP contribution in [0.3, 0.4) is 0 Å². The summed E-state index contributed by atoms with van der Waals surface area (Å²) in [7, 11) is 0. The van der Waals surface area contributed by atoms with Gasteiger partial charge in [-0.05, 0) is 0 Å². The molecule has 0 heterocycles. The van der Waals surface area contributed by atoms with E-state index in [1.807, 2.05) is 0 Å². The Bertz CT molecular complexity index is 6.85. The molecule has 0 aliphatic rings. The minimum absolute atomic E-state index is 0. The minimum Gasteiger partial charge on any atom is -1.00 e. The van der Waals surface area contributed by atoms with Crippen LogP contribution in [0.15, 0.2) is 0 Å². The fraction of sp³-hybridized carbons (Fsp3) is 0. The van der Waals surface area contributed by atoms with Crippen LogP contribution in [-0.2, 0) is 0 Å². The van der Waals surface area contributed by atoms with Crippen LogP contribution in [0.2, 0.25) is 0 Å². The van der Waals surface area contributed by atoms with Gasteiger partial charge in [0.15, 0.2) is 0 Å². The Morgan fingerprint density at radius 1 is 0.600 bits per heavy atom. The molecule has 5 heteroatoms. The summed E-state index contributed by atoms with van der Waals surface area (Å²) in [5.41, 5.74) is 0. The summed E-state index contributed by atoms with van der Waals surface area (Å²) in [6.07, 6.45) is 0. The van der Waals surface area contributed by atoms with Crippen LogP contribution in [0.1, 0.15) is 0 Å². The molecular formula is Cl3SrTl. The first-order valence-corrected chi connectivity index (χ1v) is 0. The zero-order valence-electron chi connectivity index (χ0n) is 2.42. The van der Waals surface area contributed by atoms with Crippen molar-refractivity contribution in [3.8, 4) is 0 Å².